The highest BCUT2D eigenvalue weighted by molar-refractivity contribution is 5.89. The Hall–Kier alpha value is -1.56. The third-order valence-electron chi connectivity index (χ3n) is 3.24. The summed E-state index contributed by atoms with van der Waals surface area (Å²) >= 11 is 0. The summed E-state index contributed by atoms with van der Waals surface area (Å²) in [5, 5.41) is 2.72. The van der Waals surface area contributed by atoms with Crippen molar-refractivity contribution >= 4 is 16.8 Å². The number of hydrogen-bond acceptors (Lipinski definition) is 0. The van der Waals surface area contributed by atoms with Crippen molar-refractivity contribution in [2.24, 2.45) is 0 Å². The molecule has 0 bridgehead atoms. The molecule has 2 aromatic rings. The standard InChI is InChI=1S/C16H18/c1-4-12-11-13-9-7-8-10-16(13)15(6-3)14(12)5-2/h4,7-11H,1,5-6H2,2-3H3. The lowest BCUT2D eigenvalue weighted by atomic mass is 9.91. The van der Waals surface area contributed by atoms with E-state index in [1.54, 1.807) is 0 Å². The van der Waals surface area contributed by atoms with Gasteiger partial charge in [0.2, 0.25) is 0 Å². The first-order chi connectivity index (χ1) is 7.81. The summed E-state index contributed by atoms with van der Waals surface area (Å²) in [6.45, 7) is 8.37. The Morgan fingerprint density at radius 3 is 2.38 bits per heavy atom. The van der Waals surface area contributed by atoms with Gasteiger partial charge in [-0.05, 0) is 46.4 Å². The Kier molecular flexibility index (Phi) is 3.09. The lowest BCUT2D eigenvalue weighted by Gasteiger charge is -2.13. The third kappa shape index (κ3) is 1.65. The van der Waals surface area contributed by atoms with Crippen molar-refractivity contribution in [3.05, 3.63) is 53.6 Å². The SMILES string of the molecule is C=Cc1cc2ccccc2c(CC)c1CC. The first kappa shape index (κ1) is 10.9. The Labute approximate surface area is 97.6 Å². The molecule has 0 radical (unpaired) electrons. The highest BCUT2D eigenvalue weighted by Gasteiger charge is 2.08. The van der Waals surface area contributed by atoms with Crippen LogP contribution < -0.4 is 0 Å². The van der Waals surface area contributed by atoms with Crippen LogP contribution in [0.3, 0.4) is 0 Å². The predicted octanol–water partition coefficient (Wildman–Crippen LogP) is 4.61. The van der Waals surface area contributed by atoms with Crippen LogP contribution >= 0.6 is 0 Å². The molecule has 0 nitrogen and oxygen atoms in total. The predicted molar refractivity (Wildman–Crippen MR) is 72.8 cm³/mol. The Morgan fingerprint density at radius 1 is 1.06 bits per heavy atom. The molecular weight excluding hydrogens is 192 g/mol. The summed E-state index contributed by atoms with van der Waals surface area (Å²) in [6.07, 6.45) is 4.14. The zero-order valence-electron chi connectivity index (χ0n) is 10.1. The van der Waals surface area contributed by atoms with Gasteiger partial charge in [0.1, 0.15) is 0 Å². The molecule has 2 aromatic carbocycles. The summed E-state index contributed by atoms with van der Waals surface area (Å²) in [5.41, 5.74) is 4.23. The van der Waals surface area contributed by atoms with Gasteiger partial charge in [-0.25, -0.2) is 0 Å². The molecule has 16 heavy (non-hydrogen) atoms. The van der Waals surface area contributed by atoms with Gasteiger partial charge < -0.3 is 0 Å². The zero-order valence-corrected chi connectivity index (χ0v) is 10.1. The van der Waals surface area contributed by atoms with Crippen LogP contribution in [0.15, 0.2) is 36.9 Å². The fourth-order valence-electron chi connectivity index (χ4n) is 2.49. The van der Waals surface area contributed by atoms with Gasteiger partial charge in [-0.2, -0.15) is 0 Å². The molecule has 0 aromatic heterocycles. The van der Waals surface area contributed by atoms with Crippen molar-refractivity contribution < 1.29 is 0 Å². The quantitative estimate of drug-likeness (QED) is 0.694. The molecule has 0 N–H and O–H groups in total. The second kappa shape index (κ2) is 4.52. The Balaban J connectivity index is 2.87. The van der Waals surface area contributed by atoms with Gasteiger partial charge in [0.05, 0.1) is 0 Å². The van der Waals surface area contributed by atoms with Gasteiger partial charge in [-0.1, -0.05) is 50.8 Å². The van der Waals surface area contributed by atoms with Crippen molar-refractivity contribution in [1.29, 1.82) is 0 Å². The third-order valence-corrected chi connectivity index (χ3v) is 3.24. The lowest BCUT2D eigenvalue weighted by Crippen LogP contribution is -1.96. The molecule has 0 unspecified atom stereocenters. The first-order valence-electron chi connectivity index (χ1n) is 5.97. The Morgan fingerprint density at radius 2 is 1.75 bits per heavy atom. The molecule has 0 atom stereocenters. The van der Waals surface area contributed by atoms with Crippen molar-refractivity contribution in [3.8, 4) is 0 Å². The lowest BCUT2D eigenvalue weighted by molar-refractivity contribution is 1.05. The van der Waals surface area contributed by atoms with E-state index in [-0.39, 0.29) is 0 Å². The van der Waals surface area contributed by atoms with E-state index < -0.39 is 0 Å². The van der Waals surface area contributed by atoms with Crippen LogP contribution in [0.1, 0.15) is 30.5 Å². The maximum Gasteiger partial charge on any atom is -0.0149 e. The molecule has 0 saturated carbocycles. The number of fused-ring (bicyclic) bond motifs is 1. The van der Waals surface area contributed by atoms with E-state index >= 15 is 0 Å². The van der Waals surface area contributed by atoms with E-state index in [4.69, 9.17) is 0 Å². The van der Waals surface area contributed by atoms with Gasteiger partial charge in [-0.3, -0.25) is 0 Å². The van der Waals surface area contributed by atoms with Gasteiger partial charge in [0, 0.05) is 0 Å². The number of rotatable bonds is 3. The molecule has 0 saturated heterocycles. The van der Waals surface area contributed by atoms with Crippen LogP contribution in [0.4, 0.5) is 0 Å². The van der Waals surface area contributed by atoms with Crippen LogP contribution in [0, 0.1) is 0 Å². The van der Waals surface area contributed by atoms with Gasteiger partial charge >= 0.3 is 0 Å². The topological polar surface area (TPSA) is 0 Å². The van der Waals surface area contributed by atoms with Crippen molar-refractivity contribution in [1.82, 2.24) is 0 Å². The Bertz CT molecular complexity index is 521. The zero-order chi connectivity index (χ0) is 11.5. The van der Waals surface area contributed by atoms with E-state index in [1.807, 2.05) is 6.08 Å². The van der Waals surface area contributed by atoms with Crippen LogP contribution in [0.5, 0.6) is 0 Å². The average molecular weight is 210 g/mol. The van der Waals surface area contributed by atoms with Crippen LogP contribution in [-0.4, -0.2) is 0 Å². The minimum atomic E-state index is 1.08. The van der Waals surface area contributed by atoms with Crippen molar-refractivity contribution in [2.75, 3.05) is 0 Å². The first-order valence-corrected chi connectivity index (χ1v) is 5.97. The highest BCUT2D eigenvalue weighted by atomic mass is 14.1. The summed E-state index contributed by atoms with van der Waals surface area (Å²) < 4.78 is 0. The molecular formula is C16H18. The van der Waals surface area contributed by atoms with Gasteiger partial charge in [-0.15, -0.1) is 0 Å². The van der Waals surface area contributed by atoms with E-state index in [0.29, 0.717) is 0 Å². The van der Waals surface area contributed by atoms with Crippen LogP contribution in [0.25, 0.3) is 16.8 Å². The number of benzene rings is 2. The number of aryl methyl sites for hydroxylation is 1. The fraction of sp³-hybridized carbons (Fsp3) is 0.250. The molecule has 0 aliphatic carbocycles. The maximum absolute atomic E-state index is 3.92. The summed E-state index contributed by atoms with van der Waals surface area (Å²) in [5.74, 6) is 0. The molecule has 0 aliphatic rings. The highest BCUT2D eigenvalue weighted by Crippen LogP contribution is 2.27. The maximum atomic E-state index is 3.92. The van der Waals surface area contributed by atoms with E-state index in [1.165, 1.54) is 27.5 Å². The van der Waals surface area contributed by atoms with Crippen LogP contribution in [0.2, 0.25) is 0 Å². The van der Waals surface area contributed by atoms with Crippen molar-refractivity contribution in [3.63, 3.8) is 0 Å². The fourth-order valence-corrected chi connectivity index (χ4v) is 2.49. The second-order valence-corrected chi connectivity index (χ2v) is 4.06. The van der Waals surface area contributed by atoms with Gasteiger partial charge in [0.25, 0.3) is 0 Å². The molecule has 82 valence electrons. The molecule has 0 fully saturated rings. The molecule has 0 heteroatoms. The minimum Gasteiger partial charge on any atom is -0.0985 e. The number of hydrogen-bond donors (Lipinski definition) is 0. The molecule has 2 rings (SSSR count). The second-order valence-electron chi connectivity index (χ2n) is 4.06. The monoisotopic (exact) mass is 210 g/mol. The van der Waals surface area contributed by atoms with Crippen LogP contribution in [-0.2, 0) is 12.8 Å². The molecule has 0 spiro atoms. The summed E-state index contributed by atoms with van der Waals surface area (Å²) in [4.78, 5) is 0. The van der Waals surface area contributed by atoms with E-state index in [0.717, 1.165) is 12.8 Å². The van der Waals surface area contributed by atoms with E-state index in [9.17, 15) is 0 Å². The molecule has 0 aliphatic heterocycles. The van der Waals surface area contributed by atoms with E-state index in [2.05, 4.69) is 50.8 Å². The average Bonchev–Trinajstić information content (AvgIpc) is 2.36. The normalized spacial score (nSPS) is 10.6. The summed E-state index contributed by atoms with van der Waals surface area (Å²) in [7, 11) is 0. The summed E-state index contributed by atoms with van der Waals surface area (Å²) in [6, 6.07) is 10.9. The largest absolute Gasteiger partial charge is 0.0985 e. The molecule has 0 heterocycles. The molecule has 0 amide bonds. The smallest absolute Gasteiger partial charge is 0.0149 e. The van der Waals surface area contributed by atoms with Crippen molar-refractivity contribution in [2.45, 2.75) is 26.7 Å². The minimum absolute atomic E-state index is 1.08. The van der Waals surface area contributed by atoms with Gasteiger partial charge in [0.15, 0.2) is 0 Å².